The second-order valence-electron chi connectivity index (χ2n) is 9.41. The number of ether oxygens (including phenoxy) is 1. The van der Waals surface area contributed by atoms with Crippen LogP contribution in [0.2, 0.25) is 0 Å². The largest absolute Gasteiger partial charge is 0.393 e. The fourth-order valence-corrected chi connectivity index (χ4v) is 4.50. The van der Waals surface area contributed by atoms with E-state index in [1.165, 1.54) is 0 Å². The van der Waals surface area contributed by atoms with Crippen LogP contribution in [-0.4, -0.2) is 34.1 Å². The summed E-state index contributed by atoms with van der Waals surface area (Å²) in [6, 6.07) is 0. The van der Waals surface area contributed by atoms with Gasteiger partial charge in [-0.3, -0.25) is 0 Å². The third-order valence-electron chi connectivity index (χ3n) is 6.12. The first-order chi connectivity index (χ1) is 14.1. The van der Waals surface area contributed by atoms with Gasteiger partial charge in [-0.05, 0) is 40.2 Å². The second-order valence-corrected chi connectivity index (χ2v) is 9.41. The summed E-state index contributed by atoms with van der Waals surface area (Å²) in [5.74, 6) is 0. The van der Waals surface area contributed by atoms with Gasteiger partial charge in [-0.15, -0.1) is 0 Å². The lowest BCUT2D eigenvalue weighted by atomic mass is 9.63. The Morgan fingerprint density at radius 1 is 0.867 bits per heavy atom. The smallest absolute Gasteiger partial charge is 0.121 e. The molecule has 2 fully saturated rings. The van der Waals surface area contributed by atoms with Crippen molar-refractivity contribution >= 4 is 0 Å². The molecule has 1 saturated heterocycles. The monoisotopic (exact) mass is 410 g/mol. The molecule has 1 saturated carbocycles. The molecule has 2 N–H and O–H groups in total. The van der Waals surface area contributed by atoms with E-state index in [1.807, 2.05) is 31.2 Å². The summed E-state index contributed by atoms with van der Waals surface area (Å²) in [6.07, 6.45) is 23.5. The molecular weight excluding hydrogens is 372 g/mol. The Morgan fingerprint density at radius 2 is 1.43 bits per heavy atom. The molecule has 0 aromatic carbocycles. The number of aliphatic hydroxyl groups is 2. The minimum Gasteiger partial charge on any atom is -0.393 e. The summed E-state index contributed by atoms with van der Waals surface area (Å²) in [5.41, 5.74) is 2.80. The van der Waals surface area contributed by atoms with Crippen LogP contribution in [0.25, 0.3) is 0 Å². The molecule has 1 aliphatic carbocycles. The molecular formula is C27H38O3. The van der Waals surface area contributed by atoms with Crippen LogP contribution in [0, 0.1) is 5.41 Å². The van der Waals surface area contributed by atoms with Gasteiger partial charge in [-0.2, -0.15) is 0 Å². The quantitative estimate of drug-likeness (QED) is 0.396. The minimum absolute atomic E-state index is 0.0645. The van der Waals surface area contributed by atoms with E-state index in [0.29, 0.717) is 6.42 Å². The van der Waals surface area contributed by atoms with E-state index in [0.717, 1.165) is 23.1 Å². The summed E-state index contributed by atoms with van der Waals surface area (Å²) < 4.78 is 6.20. The normalized spacial score (nSPS) is 32.7. The van der Waals surface area contributed by atoms with Crippen molar-refractivity contribution in [2.45, 2.75) is 71.7 Å². The maximum atomic E-state index is 10.2. The summed E-state index contributed by atoms with van der Waals surface area (Å²) in [6.45, 7) is 12.7. The first kappa shape index (κ1) is 24.3. The third-order valence-corrected chi connectivity index (χ3v) is 6.12. The number of epoxide rings is 1. The van der Waals surface area contributed by atoms with Gasteiger partial charge in [0.15, 0.2) is 0 Å². The van der Waals surface area contributed by atoms with Crippen molar-refractivity contribution in [1.82, 2.24) is 0 Å². The molecule has 30 heavy (non-hydrogen) atoms. The van der Waals surface area contributed by atoms with E-state index in [-0.39, 0.29) is 29.3 Å². The second kappa shape index (κ2) is 9.91. The van der Waals surface area contributed by atoms with Gasteiger partial charge in [-0.1, -0.05) is 91.3 Å². The summed E-state index contributed by atoms with van der Waals surface area (Å²) in [4.78, 5) is 0. The lowest BCUT2D eigenvalue weighted by Crippen LogP contribution is -2.46. The van der Waals surface area contributed by atoms with Crippen LogP contribution in [0.5, 0.6) is 0 Å². The van der Waals surface area contributed by atoms with Crippen LogP contribution in [0.1, 0.15) is 54.4 Å². The van der Waals surface area contributed by atoms with Crippen LogP contribution in [0.15, 0.2) is 83.6 Å². The first-order valence-corrected chi connectivity index (χ1v) is 10.8. The summed E-state index contributed by atoms with van der Waals surface area (Å²) in [7, 11) is 0. The zero-order valence-corrected chi connectivity index (χ0v) is 19.4. The summed E-state index contributed by atoms with van der Waals surface area (Å²) in [5, 5.41) is 18.9. The van der Waals surface area contributed by atoms with Crippen molar-refractivity contribution < 1.29 is 14.9 Å². The topological polar surface area (TPSA) is 53.0 Å². The number of allylic oxidation sites excluding steroid dienone is 12. The van der Waals surface area contributed by atoms with E-state index in [4.69, 9.17) is 9.84 Å². The molecule has 3 atom stereocenters. The number of rotatable bonds is 8. The predicted octanol–water partition coefficient (Wildman–Crippen LogP) is 5.75. The lowest BCUT2D eigenvalue weighted by Gasteiger charge is -2.39. The third kappa shape index (κ3) is 5.81. The van der Waals surface area contributed by atoms with Gasteiger partial charge in [-0.25, -0.2) is 0 Å². The number of fused-ring (bicyclic) bond motifs is 1. The summed E-state index contributed by atoms with van der Waals surface area (Å²) >= 11 is 0. The lowest BCUT2D eigenvalue weighted by molar-refractivity contribution is 0.0515. The van der Waals surface area contributed by atoms with Crippen molar-refractivity contribution in [3.63, 3.8) is 0 Å². The number of hydrogen-bond donors (Lipinski definition) is 2. The van der Waals surface area contributed by atoms with Crippen LogP contribution in [0.4, 0.5) is 0 Å². The van der Waals surface area contributed by atoms with Crippen molar-refractivity contribution in [2.24, 2.45) is 5.41 Å². The van der Waals surface area contributed by atoms with Crippen molar-refractivity contribution in [1.29, 1.82) is 0 Å². The van der Waals surface area contributed by atoms with E-state index in [9.17, 15) is 5.11 Å². The van der Waals surface area contributed by atoms with Crippen LogP contribution in [0.3, 0.4) is 0 Å². The highest BCUT2D eigenvalue weighted by Crippen LogP contribution is 2.66. The average Bonchev–Trinajstić information content (AvgIpc) is 3.27. The Labute approximate surface area is 182 Å². The fourth-order valence-electron chi connectivity index (χ4n) is 4.50. The highest BCUT2D eigenvalue weighted by molar-refractivity contribution is 5.36. The minimum atomic E-state index is -0.283. The Kier molecular flexibility index (Phi) is 8.04. The van der Waals surface area contributed by atoms with Gasteiger partial charge in [0.2, 0.25) is 0 Å². The molecule has 3 nitrogen and oxygen atoms in total. The van der Waals surface area contributed by atoms with Crippen molar-refractivity contribution in [2.75, 3.05) is 6.61 Å². The Hall–Kier alpha value is -1.94. The molecule has 0 amide bonds. The molecule has 0 aromatic heterocycles. The van der Waals surface area contributed by atoms with Crippen LogP contribution < -0.4 is 0 Å². The molecule has 1 aliphatic heterocycles. The van der Waals surface area contributed by atoms with Gasteiger partial charge in [0.05, 0.1) is 12.7 Å². The zero-order valence-electron chi connectivity index (χ0n) is 19.4. The molecule has 3 heteroatoms. The fraction of sp³-hybridized carbons (Fsp3) is 0.481. The molecule has 2 aliphatic rings. The van der Waals surface area contributed by atoms with Gasteiger partial charge >= 0.3 is 0 Å². The number of aliphatic hydroxyl groups excluding tert-OH is 2. The maximum absolute atomic E-state index is 10.2. The van der Waals surface area contributed by atoms with Crippen molar-refractivity contribution in [3.05, 3.63) is 83.6 Å². The highest BCUT2D eigenvalue weighted by atomic mass is 16.6. The Bertz CT molecular complexity index is 819. The predicted molar refractivity (Wildman–Crippen MR) is 126 cm³/mol. The van der Waals surface area contributed by atoms with Gasteiger partial charge < -0.3 is 14.9 Å². The number of hydrogen-bond acceptors (Lipinski definition) is 3. The molecule has 0 spiro atoms. The molecule has 0 aromatic rings. The Balaban J connectivity index is 1.95. The van der Waals surface area contributed by atoms with Crippen molar-refractivity contribution in [3.8, 4) is 0 Å². The molecule has 0 unspecified atom stereocenters. The van der Waals surface area contributed by atoms with Gasteiger partial charge in [0.1, 0.15) is 11.2 Å². The molecule has 0 radical (unpaired) electrons. The van der Waals surface area contributed by atoms with Gasteiger partial charge in [0.25, 0.3) is 0 Å². The standard InChI is InChI=1S/C27H38O3/c1-21(11-7-8-12-22(2)15-10-18-28)13-9-14-23(3)16-17-27-25(4,5)19-24(29)20-26(27,6)30-27/h7-17,24,28-29H,18-20H2,1-6H3/b8-7+,13-9+,15-10+,17-16+,21-11+,22-12+,23-14-/t24-,26+,27-/m0/s1. The molecule has 2 rings (SSSR count). The van der Waals surface area contributed by atoms with E-state index in [2.05, 4.69) is 71.1 Å². The molecule has 1 heterocycles. The van der Waals surface area contributed by atoms with E-state index < -0.39 is 0 Å². The highest BCUT2D eigenvalue weighted by Gasteiger charge is 2.74. The first-order valence-electron chi connectivity index (χ1n) is 10.8. The van der Waals surface area contributed by atoms with Crippen LogP contribution >= 0.6 is 0 Å². The van der Waals surface area contributed by atoms with E-state index in [1.54, 1.807) is 6.08 Å². The maximum Gasteiger partial charge on any atom is 0.121 e. The molecule has 164 valence electrons. The Morgan fingerprint density at radius 3 is 2.03 bits per heavy atom. The average molecular weight is 411 g/mol. The molecule has 0 bridgehead atoms. The SMILES string of the molecule is CC(=C/C=C/C(C)=C/C=C/C=C(C)/C=C/CO)/C=C/[C@@]12O[C@]1(C)C[C@@H](O)CC2(C)C. The van der Waals surface area contributed by atoms with Gasteiger partial charge in [0, 0.05) is 11.8 Å². The zero-order chi connectivity index (χ0) is 22.4. The van der Waals surface area contributed by atoms with Crippen LogP contribution in [-0.2, 0) is 4.74 Å². The van der Waals surface area contributed by atoms with E-state index >= 15 is 0 Å².